The third-order valence-corrected chi connectivity index (χ3v) is 3.39. The molecular weight excluding hydrogens is 342 g/mol. The Morgan fingerprint density at radius 1 is 1.09 bits per heavy atom. The van der Waals surface area contributed by atoms with Gasteiger partial charge in [-0.3, -0.25) is 0 Å². The Labute approximate surface area is 134 Å². The van der Waals surface area contributed by atoms with Gasteiger partial charge in [0.2, 0.25) is 0 Å². The first-order valence-electron chi connectivity index (χ1n) is 5.96. The Balaban J connectivity index is 2.29. The minimum atomic E-state index is -4.76. The first kappa shape index (κ1) is 16.7. The summed E-state index contributed by atoms with van der Waals surface area (Å²) in [6, 6.07) is 6.84. The van der Waals surface area contributed by atoms with Gasteiger partial charge >= 0.3 is 6.36 Å². The number of alkyl halides is 3. The third-order valence-electron chi connectivity index (χ3n) is 2.86. The number of hydrogen-bond acceptors (Lipinski definition) is 3. The van der Waals surface area contributed by atoms with Gasteiger partial charge in [-0.05, 0) is 29.8 Å². The van der Waals surface area contributed by atoms with E-state index in [-0.39, 0.29) is 27.1 Å². The molecule has 1 atom stereocenters. The van der Waals surface area contributed by atoms with E-state index < -0.39 is 12.4 Å². The molecule has 0 saturated heterocycles. The molecular formula is C14H10Cl2F3NO2. The largest absolute Gasteiger partial charge is 0.573 e. The minimum absolute atomic E-state index is 0.160. The number of benzene rings is 2. The molecule has 3 N–H and O–H groups in total. The van der Waals surface area contributed by atoms with Crippen molar-refractivity contribution in [2.24, 2.45) is 5.73 Å². The minimum Gasteiger partial charge on any atom is -0.507 e. The predicted molar refractivity (Wildman–Crippen MR) is 77.3 cm³/mol. The van der Waals surface area contributed by atoms with Crippen LogP contribution in [0.25, 0.3) is 0 Å². The van der Waals surface area contributed by atoms with Crippen LogP contribution in [0.1, 0.15) is 17.2 Å². The second-order valence-electron chi connectivity index (χ2n) is 4.41. The topological polar surface area (TPSA) is 55.5 Å². The molecule has 0 aromatic heterocycles. The van der Waals surface area contributed by atoms with E-state index in [1.807, 2.05) is 0 Å². The molecule has 0 aliphatic heterocycles. The van der Waals surface area contributed by atoms with Gasteiger partial charge in [0.1, 0.15) is 11.5 Å². The summed E-state index contributed by atoms with van der Waals surface area (Å²) in [5.74, 6) is -0.560. The lowest BCUT2D eigenvalue weighted by Gasteiger charge is -2.17. The summed E-state index contributed by atoms with van der Waals surface area (Å²) in [6.45, 7) is 0. The number of phenolic OH excluding ortho intramolecular Hbond substituents is 1. The molecule has 0 spiro atoms. The molecule has 2 aromatic rings. The fraction of sp³-hybridized carbons (Fsp3) is 0.143. The van der Waals surface area contributed by atoms with E-state index in [0.717, 1.165) is 12.1 Å². The Hall–Kier alpha value is -1.63. The number of rotatable bonds is 3. The average Bonchev–Trinajstić information content (AvgIpc) is 2.36. The highest BCUT2D eigenvalue weighted by Crippen LogP contribution is 2.36. The second-order valence-corrected chi connectivity index (χ2v) is 5.26. The Bertz CT molecular complexity index is 652. The van der Waals surface area contributed by atoms with Crippen LogP contribution in [0, 0.1) is 0 Å². The standard InChI is InChI=1S/C14H10Cl2F3NO2/c15-8-5-10(16)12(11(21)6-8)13(20)7-1-3-9(4-2-7)22-14(17,18)19/h1-6,13,21H,20H2/t13-/m0/s1. The summed E-state index contributed by atoms with van der Waals surface area (Å²) in [5.41, 5.74) is 6.68. The molecule has 3 nitrogen and oxygen atoms in total. The van der Waals surface area contributed by atoms with Gasteiger partial charge in [-0.2, -0.15) is 0 Å². The highest BCUT2D eigenvalue weighted by Gasteiger charge is 2.31. The quantitative estimate of drug-likeness (QED) is 0.846. The van der Waals surface area contributed by atoms with Crippen LogP contribution in [0.4, 0.5) is 13.2 Å². The van der Waals surface area contributed by atoms with Gasteiger partial charge in [-0.15, -0.1) is 13.2 Å². The van der Waals surface area contributed by atoms with Crippen molar-refractivity contribution in [2.75, 3.05) is 0 Å². The highest BCUT2D eigenvalue weighted by atomic mass is 35.5. The van der Waals surface area contributed by atoms with Crippen molar-refractivity contribution >= 4 is 23.2 Å². The van der Waals surface area contributed by atoms with Gasteiger partial charge in [-0.1, -0.05) is 35.3 Å². The van der Waals surface area contributed by atoms with Crippen molar-refractivity contribution in [1.82, 2.24) is 0 Å². The fourth-order valence-electron chi connectivity index (χ4n) is 1.92. The van der Waals surface area contributed by atoms with Crippen LogP contribution in [0.15, 0.2) is 36.4 Å². The van der Waals surface area contributed by atoms with Gasteiger partial charge in [0.15, 0.2) is 0 Å². The summed E-state index contributed by atoms with van der Waals surface area (Å²) in [5, 5.41) is 10.3. The van der Waals surface area contributed by atoms with E-state index in [1.165, 1.54) is 24.3 Å². The Kier molecular flexibility index (Phi) is 4.75. The molecule has 0 saturated carbocycles. The van der Waals surface area contributed by atoms with Crippen LogP contribution in [0.3, 0.4) is 0 Å². The second kappa shape index (κ2) is 6.24. The molecule has 0 bridgehead atoms. The SMILES string of the molecule is N[C@@H](c1ccc(OC(F)(F)F)cc1)c1c(O)cc(Cl)cc1Cl. The van der Waals surface area contributed by atoms with Crippen molar-refractivity contribution in [3.8, 4) is 11.5 Å². The van der Waals surface area contributed by atoms with Gasteiger partial charge < -0.3 is 15.6 Å². The van der Waals surface area contributed by atoms with E-state index in [4.69, 9.17) is 28.9 Å². The molecule has 0 radical (unpaired) electrons. The van der Waals surface area contributed by atoms with E-state index in [1.54, 1.807) is 0 Å². The van der Waals surface area contributed by atoms with Crippen molar-refractivity contribution < 1.29 is 23.0 Å². The molecule has 118 valence electrons. The maximum Gasteiger partial charge on any atom is 0.573 e. The van der Waals surface area contributed by atoms with Crippen molar-refractivity contribution in [3.05, 3.63) is 57.6 Å². The molecule has 0 amide bonds. The van der Waals surface area contributed by atoms with Crippen molar-refractivity contribution in [2.45, 2.75) is 12.4 Å². The van der Waals surface area contributed by atoms with Gasteiger partial charge in [0.05, 0.1) is 11.1 Å². The van der Waals surface area contributed by atoms with E-state index in [0.29, 0.717) is 5.56 Å². The van der Waals surface area contributed by atoms with Gasteiger partial charge in [0, 0.05) is 10.6 Å². The average molecular weight is 352 g/mol. The molecule has 2 rings (SSSR count). The zero-order chi connectivity index (χ0) is 16.5. The van der Waals surface area contributed by atoms with E-state index >= 15 is 0 Å². The van der Waals surface area contributed by atoms with Crippen molar-refractivity contribution in [3.63, 3.8) is 0 Å². The first-order chi connectivity index (χ1) is 10.2. The van der Waals surface area contributed by atoms with Crippen LogP contribution in [-0.2, 0) is 0 Å². The number of ether oxygens (including phenoxy) is 1. The predicted octanol–water partition coefficient (Wildman–Crippen LogP) is 4.65. The van der Waals surface area contributed by atoms with E-state index in [2.05, 4.69) is 4.74 Å². The smallest absolute Gasteiger partial charge is 0.507 e. The molecule has 0 fully saturated rings. The lowest BCUT2D eigenvalue weighted by Crippen LogP contribution is -2.17. The van der Waals surface area contributed by atoms with Gasteiger partial charge in [-0.25, -0.2) is 0 Å². The summed E-state index contributed by atoms with van der Waals surface area (Å²) in [6.07, 6.45) is -4.76. The van der Waals surface area contributed by atoms with Crippen LogP contribution in [0.2, 0.25) is 10.0 Å². The summed E-state index contributed by atoms with van der Waals surface area (Å²) in [7, 11) is 0. The number of phenols is 1. The Morgan fingerprint density at radius 2 is 1.68 bits per heavy atom. The number of halogens is 5. The lowest BCUT2D eigenvalue weighted by atomic mass is 9.98. The number of nitrogens with two attached hydrogens (primary N) is 1. The zero-order valence-corrected chi connectivity index (χ0v) is 12.4. The zero-order valence-electron chi connectivity index (χ0n) is 10.9. The summed E-state index contributed by atoms with van der Waals surface area (Å²) in [4.78, 5) is 0. The lowest BCUT2D eigenvalue weighted by molar-refractivity contribution is -0.274. The van der Waals surface area contributed by atoms with E-state index in [9.17, 15) is 18.3 Å². The number of aromatic hydroxyl groups is 1. The fourth-order valence-corrected chi connectivity index (χ4v) is 2.52. The maximum atomic E-state index is 12.1. The highest BCUT2D eigenvalue weighted by molar-refractivity contribution is 6.35. The first-order valence-corrected chi connectivity index (χ1v) is 6.72. The van der Waals surface area contributed by atoms with Crippen LogP contribution < -0.4 is 10.5 Å². The third kappa shape index (κ3) is 3.97. The molecule has 0 heterocycles. The summed E-state index contributed by atoms with van der Waals surface area (Å²) >= 11 is 11.7. The van der Waals surface area contributed by atoms with Crippen molar-refractivity contribution in [1.29, 1.82) is 0 Å². The van der Waals surface area contributed by atoms with Gasteiger partial charge in [0.25, 0.3) is 0 Å². The molecule has 2 aromatic carbocycles. The molecule has 0 aliphatic rings. The van der Waals surface area contributed by atoms with Crippen LogP contribution in [-0.4, -0.2) is 11.5 Å². The molecule has 0 unspecified atom stereocenters. The number of hydrogen-bond donors (Lipinski definition) is 2. The van der Waals surface area contributed by atoms with Crippen LogP contribution >= 0.6 is 23.2 Å². The Morgan fingerprint density at radius 3 is 2.18 bits per heavy atom. The monoisotopic (exact) mass is 351 g/mol. The van der Waals surface area contributed by atoms with Crippen LogP contribution in [0.5, 0.6) is 11.5 Å². The normalized spacial score (nSPS) is 13.0. The molecule has 8 heteroatoms. The summed E-state index contributed by atoms with van der Waals surface area (Å²) < 4.78 is 40.1. The molecule has 0 aliphatic carbocycles. The molecule has 22 heavy (non-hydrogen) atoms. The maximum absolute atomic E-state index is 12.1.